The van der Waals surface area contributed by atoms with E-state index >= 15 is 0 Å². The van der Waals surface area contributed by atoms with Crippen LogP contribution in [0.1, 0.15) is 27.0 Å². The third-order valence-electron chi connectivity index (χ3n) is 3.63. The molecule has 1 N–H and O–H groups in total. The van der Waals surface area contributed by atoms with Crippen LogP contribution in [0.4, 0.5) is 5.69 Å². The Morgan fingerprint density at radius 2 is 1.78 bits per heavy atom. The van der Waals surface area contributed by atoms with Crippen molar-refractivity contribution in [1.82, 2.24) is 14.8 Å². The summed E-state index contributed by atoms with van der Waals surface area (Å²) in [5.41, 5.74) is 4.23. The van der Waals surface area contributed by atoms with Crippen molar-refractivity contribution >= 4 is 11.6 Å². The highest BCUT2D eigenvalue weighted by molar-refractivity contribution is 6.06. The van der Waals surface area contributed by atoms with Crippen LogP contribution in [0.3, 0.4) is 0 Å². The lowest BCUT2D eigenvalue weighted by Gasteiger charge is -2.08. The summed E-state index contributed by atoms with van der Waals surface area (Å²) in [6, 6.07) is 10.1. The fourth-order valence-corrected chi connectivity index (χ4v) is 2.54. The van der Waals surface area contributed by atoms with E-state index in [4.69, 9.17) is 0 Å². The van der Waals surface area contributed by atoms with Crippen LogP contribution in [0.25, 0.3) is 0 Å². The Morgan fingerprint density at radius 1 is 1.09 bits per heavy atom. The van der Waals surface area contributed by atoms with Gasteiger partial charge in [-0.1, -0.05) is 30.3 Å². The lowest BCUT2D eigenvalue weighted by atomic mass is 10.1. The molecule has 3 rings (SSSR count). The van der Waals surface area contributed by atoms with Crippen molar-refractivity contribution < 1.29 is 4.79 Å². The first kappa shape index (κ1) is 15.0. The number of amides is 1. The van der Waals surface area contributed by atoms with Gasteiger partial charge in [-0.2, -0.15) is 5.10 Å². The predicted molar refractivity (Wildman–Crippen MR) is 89.4 cm³/mol. The zero-order valence-electron chi connectivity index (χ0n) is 13.2. The Labute approximate surface area is 135 Å². The minimum absolute atomic E-state index is 0.137. The highest BCUT2D eigenvalue weighted by Gasteiger charge is 2.13. The van der Waals surface area contributed by atoms with E-state index in [9.17, 15) is 4.79 Å². The molecule has 0 saturated carbocycles. The van der Waals surface area contributed by atoms with Gasteiger partial charge in [-0.25, -0.2) is 0 Å². The molecular formula is C18H18N4O. The van der Waals surface area contributed by atoms with Gasteiger partial charge in [0.1, 0.15) is 0 Å². The SMILES string of the molecule is Cc1cncc(C)c1C(=O)Nc1cnn(Cc2ccccc2)c1. The molecule has 1 amide bonds. The minimum atomic E-state index is -0.137. The summed E-state index contributed by atoms with van der Waals surface area (Å²) in [6.07, 6.45) is 6.88. The monoisotopic (exact) mass is 306 g/mol. The Morgan fingerprint density at radius 3 is 2.48 bits per heavy atom. The lowest BCUT2D eigenvalue weighted by molar-refractivity contribution is 0.102. The van der Waals surface area contributed by atoms with Crippen molar-refractivity contribution in [2.24, 2.45) is 0 Å². The molecule has 0 unspecified atom stereocenters. The van der Waals surface area contributed by atoms with E-state index < -0.39 is 0 Å². The topological polar surface area (TPSA) is 59.8 Å². The van der Waals surface area contributed by atoms with E-state index in [2.05, 4.69) is 15.4 Å². The number of aryl methyl sites for hydroxylation is 2. The zero-order chi connectivity index (χ0) is 16.2. The maximum Gasteiger partial charge on any atom is 0.256 e. The van der Waals surface area contributed by atoms with Crippen molar-refractivity contribution in [2.75, 3.05) is 5.32 Å². The van der Waals surface area contributed by atoms with Crippen molar-refractivity contribution in [1.29, 1.82) is 0 Å². The maximum atomic E-state index is 12.4. The van der Waals surface area contributed by atoms with Gasteiger partial charge >= 0.3 is 0 Å². The van der Waals surface area contributed by atoms with Crippen LogP contribution >= 0.6 is 0 Å². The average Bonchev–Trinajstić information content (AvgIpc) is 2.95. The molecule has 0 spiro atoms. The summed E-state index contributed by atoms with van der Waals surface area (Å²) < 4.78 is 1.80. The van der Waals surface area contributed by atoms with Gasteiger partial charge in [0.25, 0.3) is 5.91 Å². The zero-order valence-corrected chi connectivity index (χ0v) is 13.2. The first-order valence-electron chi connectivity index (χ1n) is 7.42. The molecule has 0 atom stereocenters. The quantitative estimate of drug-likeness (QED) is 0.805. The van der Waals surface area contributed by atoms with Crippen molar-refractivity contribution in [3.8, 4) is 0 Å². The molecule has 5 nitrogen and oxygen atoms in total. The van der Waals surface area contributed by atoms with E-state index in [-0.39, 0.29) is 5.91 Å². The smallest absolute Gasteiger partial charge is 0.256 e. The third-order valence-corrected chi connectivity index (χ3v) is 3.63. The van der Waals surface area contributed by atoms with Gasteiger partial charge in [0.15, 0.2) is 0 Å². The molecule has 23 heavy (non-hydrogen) atoms. The Bertz CT molecular complexity index is 804. The van der Waals surface area contributed by atoms with Gasteiger partial charge < -0.3 is 5.32 Å². The molecule has 0 saturated heterocycles. The Hall–Kier alpha value is -2.95. The summed E-state index contributed by atoms with van der Waals surface area (Å²) in [4.78, 5) is 16.5. The van der Waals surface area contributed by atoms with Crippen molar-refractivity contribution in [3.05, 3.63) is 77.4 Å². The van der Waals surface area contributed by atoms with Crippen molar-refractivity contribution in [3.63, 3.8) is 0 Å². The molecule has 0 fully saturated rings. The number of pyridine rings is 1. The van der Waals surface area contributed by atoms with Gasteiger partial charge in [-0.15, -0.1) is 0 Å². The number of anilines is 1. The lowest BCUT2D eigenvalue weighted by Crippen LogP contribution is -2.15. The normalized spacial score (nSPS) is 10.5. The fourth-order valence-electron chi connectivity index (χ4n) is 2.54. The highest BCUT2D eigenvalue weighted by Crippen LogP contribution is 2.15. The van der Waals surface area contributed by atoms with Crippen LogP contribution in [0.2, 0.25) is 0 Å². The van der Waals surface area contributed by atoms with E-state index in [1.165, 1.54) is 0 Å². The largest absolute Gasteiger partial charge is 0.319 e. The molecule has 5 heteroatoms. The van der Waals surface area contributed by atoms with Crippen LogP contribution in [-0.2, 0) is 6.54 Å². The van der Waals surface area contributed by atoms with Crippen LogP contribution in [-0.4, -0.2) is 20.7 Å². The van der Waals surface area contributed by atoms with Crippen LogP contribution in [0, 0.1) is 13.8 Å². The minimum Gasteiger partial charge on any atom is -0.319 e. The molecule has 1 aromatic carbocycles. The second kappa shape index (κ2) is 6.44. The second-order valence-electron chi connectivity index (χ2n) is 5.51. The molecule has 0 aliphatic heterocycles. The molecule has 2 aromatic heterocycles. The standard InChI is InChI=1S/C18H18N4O/c1-13-8-19-9-14(2)17(13)18(23)21-16-10-20-22(12-16)11-15-6-4-3-5-7-15/h3-10,12H,11H2,1-2H3,(H,21,23). The molecule has 0 bridgehead atoms. The van der Waals surface area contributed by atoms with Crippen LogP contribution < -0.4 is 5.32 Å². The fraction of sp³-hybridized carbons (Fsp3) is 0.167. The molecule has 116 valence electrons. The number of hydrogen-bond donors (Lipinski definition) is 1. The number of carbonyl (C=O) groups is 1. The second-order valence-corrected chi connectivity index (χ2v) is 5.51. The van der Waals surface area contributed by atoms with Crippen LogP contribution in [0.5, 0.6) is 0 Å². The predicted octanol–water partition coefficient (Wildman–Crippen LogP) is 3.20. The van der Waals surface area contributed by atoms with Gasteiger partial charge in [-0.05, 0) is 30.5 Å². The summed E-state index contributed by atoms with van der Waals surface area (Å²) in [5.74, 6) is -0.137. The number of rotatable bonds is 4. The van der Waals surface area contributed by atoms with Gasteiger partial charge in [0, 0.05) is 24.2 Å². The summed E-state index contributed by atoms with van der Waals surface area (Å²) >= 11 is 0. The Balaban J connectivity index is 1.73. The van der Waals surface area contributed by atoms with Gasteiger partial charge in [-0.3, -0.25) is 14.5 Å². The van der Waals surface area contributed by atoms with E-state index in [0.717, 1.165) is 16.7 Å². The van der Waals surface area contributed by atoms with E-state index in [1.54, 1.807) is 23.3 Å². The summed E-state index contributed by atoms with van der Waals surface area (Å²) in [7, 11) is 0. The van der Waals surface area contributed by atoms with Crippen molar-refractivity contribution in [2.45, 2.75) is 20.4 Å². The summed E-state index contributed by atoms with van der Waals surface area (Å²) in [6.45, 7) is 4.44. The molecule has 0 radical (unpaired) electrons. The molecule has 0 aliphatic rings. The highest BCUT2D eigenvalue weighted by atomic mass is 16.1. The number of aromatic nitrogens is 3. The number of nitrogens with one attached hydrogen (secondary N) is 1. The maximum absolute atomic E-state index is 12.4. The number of benzene rings is 1. The first-order valence-corrected chi connectivity index (χ1v) is 7.42. The van der Waals surface area contributed by atoms with Crippen LogP contribution in [0.15, 0.2) is 55.1 Å². The third kappa shape index (κ3) is 3.45. The molecule has 0 aliphatic carbocycles. The van der Waals surface area contributed by atoms with Gasteiger partial charge in [0.2, 0.25) is 0 Å². The average molecular weight is 306 g/mol. The number of carbonyl (C=O) groups excluding carboxylic acids is 1. The number of hydrogen-bond acceptors (Lipinski definition) is 3. The Kier molecular flexibility index (Phi) is 4.19. The van der Waals surface area contributed by atoms with E-state index in [0.29, 0.717) is 17.8 Å². The van der Waals surface area contributed by atoms with E-state index in [1.807, 2.05) is 50.4 Å². The molecule has 2 heterocycles. The summed E-state index contributed by atoms with van der Waals surface area (Å²) in [5, 5.41) is 7.19. The molecular weight excluding hydrogens is 288 g/mol. The van der Waals surface area contributed by atoms with Gasteiger partial charge in [0.05, 0.1) is 18.4 Å². The molecule has 3 aromatic rings. The first-order chi connectivity index (χ1) is 11.1. The number of nitrogens with zero attached hydrogens (tertiary/aromatic N) is 3.